The van der Waals surface area contributed by atoms with Crippen LogP contribution in [0.1, 0.15) is 31.0 Å². The van der Waals surface area contributed by atoms with Crippen molar-refractivity contribution in [2.24, 2.45) is 0 Å². The van der Waals surface area contributed by atoms with Crippen molar-refractivity contribution in [3.63, 3.8) is 0 Å². The summed E-state index contributed by atoms with van der Waals surface area (Å²) >= 11 is 0. The third-order valence-electron chi connectivity index (χ3n) is 2.33. The minimum absolute atomic E-state index is 0.542. The molecule has 0 radical (unpaired) electrons. The maximum Gasteiger partial charge on any atom is 0.144 e. The van der Waals surface area contributed by atoms with Crippen LogP contribution >= 0.6 is 0 Å². The largest absolute Gasteiger partial charge is 0.302 e. The lowest BCUT2D eigenvalue weighted by Gasteiger charge is -2.16. The maximum absolute atomic E-state index is 8.88. The van der Waals surface area contributed by atoms with Gasteiger partial charge >= 0.3 is 0 Å². The van der Waals surface area contributed by atoms with Crippen LogP contribution in [0.3, 0.4) is 0 Å². The third-order valence-corrected chi connectivity index (χ3v) is 2.33. The van der Waals surface area contributed by atoms with Crippen LogP contribution < -0.4 is 0 Å². The first-order chi connectivity index (χ1) is 7.27. The minimum atomic E-state index is 0.542. The van der Waals surface area contributed by atoms with E-state index < -0.39 is 0 Å². The summed E-state index contributed by atoms with van der Waals surface area (Å²) in [6.07, 6.45) is 4.05. The Bertz CT molecular complexity index is 341. The molecule has 3 heteroatoms. The molecule has 0 unspecified atom stereocenters. The molecule has 80 valence electrons. The molecule has 0 spiro atoms. The molecule has 0 amide bonds. The zero-order valence-electron chi connectivity index (χ0n) is 9.40. The van der Waals surface area contributed by atoms with Gasteiger partial charge in [-0.15, -0.1) is 0 Å². The fourth-order valence-corrected chi connectivity index (χ4v) is 1.46. The van der Waals surface area contributed by atoms with Crippen molar-refractivity contribution >= 4 is 0 Å². The van der Waals surface area contributed by atoms with Gasteiger partial charge in [-0.05, 0) is 26.1 Å². The Kier molecular flexibility index (Phi) is 4.79. The van der Waals surface area contributed by atoms with Crippen molar-refractivity contribution in [2.45, 2.75) is 26.3 Å². The molecule has 1 rings (SSSR count). The van der Waals surface area contributed by atoms with E-state index in [1.165, 1.54) is 12.8 Å². The lowest BCUT2D eigenvalue weighted by Crippen LogP contribution is -2.19. The standard InChI is InChI=1S/C12H17N3/c1-3-4-8-15(2)10-11-6-5-7-14-12(11)9-13/h5-7H,3-4,8,10H2,1-2H3. The maximum atomic E-state index is 8.88. The zero-order valence-corrected chi connectivity index (χ0v) is 9.40. The van der Waals surface area contributed by atoms with Gasteiger partial charge in [-0.2, -0.15) is 5.26 Å². The van der Waals surface area contributed by atoms with E-state index in [0.29, 0.717) is 5.69 Å². The second-order valence-corrected chi connectivity index (χ2v) is 3.71. The molecule has 0 saturated heterocycles. The molecule has 1 aromatic heterocycles. The van der Waals surface area contributed by atoms with Crippen molar-refractivity contribution in [3.05, 3.63) is 29.6 Å². The van der Waals surface area contributed by atoms with Gasteiger partial charge in [0.2, 0.25) is 0 Å². The highest BCUT2D eigenvalue weighted by atomic mass is 15.1. The van der Waals surface area contributed by atoms with E-state index in [9.17, 15) is 0 Å². The number of pyridine rings is 1. The monoisotopic (exact) mass is 203 g/mol. The molecule has 3 nitrogen and oxygen atoms in total. The van der Waals surface area contributed by atoms with Crippen molar-refractivity contribution in [1.82, 2.24) is 9.88 Å². The first-order valence-electron chi connectivity index (χ1n) is 5.30. The molecular weight excluding hydrogens is 186 g/mol. The van der Waals surface area contributed by atoms with Crippen LogP contribution in [0.2, 0.25) is 0 Å². The highest BCUT2D eigenvalue weighted by Crippen LogP contribution is 2.07. The van der Waals surface area contributed by atoms with Crippen LogP contribution in [0.5, 0.6) is 0 Å². The van der Waals surface area contributed by atoms with Crippen LogP contribution in [0.4, 0.5) is 0 Å². The van der Waals surface area contributed by atoms with Crippen LogP contribution in [0.15, 0.2) is 18.3 Å². The summed E-state index contributed by atoms with van der Waals surface area (Å²) in [6, 6.07) is 5.96. The van der Waals surface area contributed by atoms with Gasteiger partial charge in [-0.25, -0.2) is 4.98 Å². The number of nitriles is 1. The second kappa shape index (κ2) is 6.15. The Hall–Kier alpha value is -1.40. The smallest absolute Gasteiger partial charge is 0.144 e. The molecule has 0 atom stereocenters. The van der Waals surface area contributed by atoms with Crippen molar-refractivity contribution < 1.29 is 0 Å². The minimum Gasteiger partial charge on any atom is -0.302 e. The molecule has 0 aliphatic carbocycles. The molecule has 0 aliphatic heterocycles. The number of hydrogen-bond donors (Lipinski definition) is 0. The summed E-state index contributed by atoms with van der Waals surface area (Å²) in [5, 5.41) is 8.88. The zero-order chi connectivity index (χ0) is 11.1. The summed E-state index contributed by atoms with van der Waals surface area (Å²) < 4.78 is 0. The Labute approximate surface area is 91.4 Å². The fourth-order valence-electron chi connectivity index (χ4n) is 1.46. The van der Waals surface area contributed by atoms with E-state index in [2.05, 4.69) is 29.9 Å². The van der Waals surface area contributed by atoms with Crippen LogP contribution in [0.25, 0.3) is 0 Å². The molecule has 0 bridgehead atoms. The normalized spacial score (nSPS) is 10.3. The first-order valence-corrected chi connectivity index (χ1v) is 5.30. The van der Waals surface area contributed by atoms with Crippen molar-refractivity contribution in [1.29, 1.82) is 5.26 Å². The molecule has 1 aromatic rings. The average Bonchev–Trinajstić information content (AvgIpc) is 2.27. The Morgan fingerprint density at radius 2 is 2.33 bits per heavy atom. The Morgan fingerprint density at radius 3 is 3.00 bits per heavy atom. The van der Waals surface area contributed by atoms with E-state index in [-0.39, 0.29) is 0 Å². The van der Waals surface area contributed by atoms with Gasteiger partial charge in [-0.3, -0.25) is 0 Å². The van der Waals surface area contributed by atoms with E-state index >= 15 is 0 Å². The van der Waals surface area contributed by atoms with Gasteiger partial charge in [0.15, 0.2) is 0 Å². The topological polar surface area (TPSA) is 39.9 Å². The van der Waals surface area contributed by atoms with E-state index in [1.807, 2.05) is 12.1 Å². The summed E-state index contributed by atoms with van der Waals surface area (Å²) in [7, 11) is 2.07. The molecule has 0 N–H and O–H groups in total. The van der Waals surface area contributed by atoms with E-state index in [4.69, 9.17) is 5.26 Å². The molecule has 1 heterocycles. The number of nitrogens with zero attached hydrogens (tertiary/aromatic N) is 3. The van der Waals surface area contributed by atoms with Crippen LogP contribution in [-0.4, -0.2) is 23.5 Å². The molecule has 0 aliphatic rings. The number of unbranched alkanes of at least 4 members (excludes halogenated alkanes) is 1. The molecule has 0 saturated carbocycles. The summed E-state index contributed by atoms with van der Waals surface area (Å²) in [4.78, 5) is 6.27. The predicted molar refractivity (Wildman–Crippen MR) is 60.2 cm³/mol. The van der Waals surface area contributed by atoms with Gasteiger partial charge in [0.1, 0.15) is 11.8 Å². The van der Waals surface area contributed by atoms with Crippen LogP contribution in [0, 0.1) is 11.3 Å². The van der Waals surface area contributed by atoms with Gasteiger partial charge in [-0.1, -0.05) is 19.4 Å². The van der Waals surface area contributed by atoms with Crippen molar-refractivity contribution in [2.75, 3.05) is 13.6 Å². The SMILES string of the molecule is CCCCN(C)Cc1cccnc1C#N. The van der Waals surface area contributed by atoms with Gasteiger partial charge in [0.05, 0.1) is 0 Å². The predicted octanol–water partition coefficient (Wildman–Crippen LogP) is 2.19. The Morgan fingerprint density at radius 1 is 1.53 bits per heavy atom. The summed E-state index contributed by atoms with van der Waals surface area (Å²) in [6.45, 7) is 4.05. The van der Waals surface area contributed by atoms with Gasteiger partial charge in [0.25, 0.3) is 0 Å². The lowest BCUT2D eigenvalue weighted by molar-refractivity contribution is 0.320. The molecule has 0 fully saturated rings. The average molecular weight is 203 g/mol. The molecule has 15 heavy (non-hydrogen) atoms. The van der Waals surface area contributed by atoms with Crippen LogP contribution in [-0.2, 0) is 6.54 Å². The van der Waals surface area contributed by atoms with Crippen molar-refractivity contribution in [3.8, 4) is 6.07 Å². The highest BCUT2D eigenvalue weighted by Gasteiger charge is 2.05. The molecular formula is C12H17N3. The first kappa shape index (κ1) is 11.7. The molecule has 0 aromatic carbocycles. The summed E-state index contributed by atoms with van der Waals surface area (Å²) in [5.41, 5.74) is 1.56. The Balaban J connectivity index is 2.60. The number of hydrogen-bond acceptors (Lipinski definition) is 3. The summed E-state index contributed by atoms with van der Waals surface area (Å²) in [5.74, 6) is 0. The number of rotatable bonds is 5. The number of aromatic nitrogens is 1. The van der Waals surface area contributed by atoms with E-state index in [0.717, 1.165) is 18.7 Å². The van der Waals surface area contributed by atoms with Gasteiger partial charge in [0, 0.05) is 18.3 Å². The lowest BCUT2D eigenvalue weighted by atomic mass is 10.2. The third kappa shape index (κ3) is 3.69. The quantitative estimate of drug-likeness (QED) is 0.736. The highest BCUT2D eigenvalue weighted by molar-refractivity contribution is 5.30. The van der Waals surface area contributed by atoms with E-state index in [1.54, 1.807) is 6.20 Å². The fraction of sp³-hybridized carbons (Fsp3) is 0.500. The van der Waals surface area contributed by atoms with Gasteiger partial charge < -0.3 is 4.90 Å². The second-order valence-electron chi connectivity index (χ2n) is 3.71.